The van der Waals surface area contributed by atoms with Crippen molar-refractivity contribution in [3.8, 4) is 0 Å². The van der Waals surface area contributed by atoms with Gasteiger partial charge in [0.25, 0.3) is 0 Å². The number of para-hydroxylation sites is 1. The first-order valence-electron chi connectivity index (χ1n) is 9.20. The van der Waals surface area contributed by atoms with Crippen molar-refractivity contribution >= 4 is 10.9 Å². The Morgan fingerprint density at radius 3 is 2.67 bits per heavy atom. The van der Waals surface area contributed by atoms with Crippen LogP contribution in [-0.2, 0) is 6.42 Å². The molecule has 24 heavy (non-hydrogen) atoms. The standard InChI is InChI=1S/C22H24N2/c1-15(16-7-3-2-4-8-16)24-13-17-11-12-21-22(19(17)14-24)18-9-5-6-10-20(18)23-21/h2-10,15,17,19,23H,11-14H2,1H3. The third-order valence-corrected chi connectivity index (χ3v) is 6.26. The minimum atomic E-state index is 0.505. The monoisotopic (exact) mass is 316 g/mol. The smallest absolute Gasteiger partial charge is 0.0459 e. The Morgan fingerprint density at radius 1 is 1.00 bits per heavy atom. The minimum absolute atomic E-state index is 0.505. The van der Waals surface area contributed by atoms with Gasteiger partial charge in [-0.25, -0.2) is 0 Å². The predicted octanol–water partition coefficient (Wildman–Crippen LogP) is 4.89. The number of aromatic nitrogens is 1. The molecule has 5 rings (SSSR count). The van der Waals surface area contributed by atoms with E-state index in [2.05, 4.69) is 71.4 Å². The Kier molecular flexibility index (Phi) is 3.27. The first-order valence-corrected chi connectivity index (χ1v) is 9.20. The van der Waals surface area contributed by atoms with E-state index < -0.39 is 0 Å². The highest BCUT2D eigenvalue weighted by Gasteiger charge is 2.40. The number of rotatable bonds is 2. The van der Waals surface area contributed by atoms with Crippen LogP contribution in [0.3, 0.4) is 0 Å². The van der Waals surface area contributed by atoms with E-state index in [4.69, 9.17) is 0 Å². The van der Waals surface area contributed by atoms with Crippen LogP contribution in [0.5, 0.6) is 0 Å². The van der Waals surface area contributed by atoms with Gasteiger partial charge in [0.1, 0.15) is 0 Å². The highest BCUT2D eigenvalue weighted by Crippen LogP contribution is 2.46. The molecule has 2 heterocycles. The summed E-state index contributed by atoms with van der Waals surface area (Å²) in [6, 6.07) is 20.3. The van der Waals surface area contributed by atoms with Crippen molar-refractivity contribution in [2.24, 2.45) is 5.92 Å². The van der Waals surface area contributed by atoms with Crippen molar-refractivity contribution in [1.29, 1.82) is 0 Å². The lowest BCUT2D eigenvalue weighted by Crippen LogP contribution is -2.24. The average Bonchev–Trinajstić information content (AvgIpc) is 3.22. The fourth-order valence-corrected chi connectivity index (χ4v) is 4.95. The second-order valence-electron chi connectivity index (χ2n) is 7.51. The maximum atomic E-state index is 3.69. The van der Waals surface area contributed by atoms with E-state index in [9.17, 15) is 0 Å². The second-order valence-corrected chi connectivity index (χ2v) is 7.51. The molecule has 1 aliphatic heterocycles. The molecule has 0 amide bonds. The molecule has 2 nitrogen and oxygen atoms in total. The average molecular weight is 316 g/mol. The number of hydrogen-bond donors (Lipinski definition) is 1. The summed E-state index contributed by atoms with van der Waals surface area (Å²) in [6.45, 7) is 4.79. The first kappa shape index (κ1) is 14.3. The van der Waals surface area contributed by atoms with Gasteiger partial charge in [-0.15, -0.1) is 0 Å². The van der Waals surface area contributed by atoms with Crippen LogP contribution in [-0.4, -0.2) is 23.0 Å². The van der Waals surface area contributed by atoms with Crippen molar-refractivity contribution in [3.05, 3.63) is 71.4 Å². The number of H-pyrrole nitrogens is 1. The Labute approximate surface area is 143 Å². The summed E-state index contributed by atoms with van der Waals surface area (Å²) >= 11 is 0. The molecule has 0 spiro atoms. The van der Waals surface area contributed by atoms with Gasteiger partial charge >= 0.3 is 0 Å². The summed E-state index contributed by atoms with van der Waals surface area (Å²) in [5.41, 5.74) is 5.87. The molecule has 1 fully saturated rings. The number of nitrogens with one attached hydrogen (secondary N) is 1. The van der Waals surface area contributed by atoms with Gasteiger partial charge in [-0.05, 0) is 42.9 Å². The van der Waals surface area contributed by atoms with Crippen LogP contribution in [0.4, 0.5) is 0 Å². The zero-order chi connectivity index (χ0) is 16.1. The third-order valence-electron chi connectivity index (χ3n) is 6.26. The van der Waals surface area contributed by atoms with Gasteiger partial charge in [0.05, 0.1) is 0 Å². The van der Waals surface area contributed by atoms with Crippen molar-refractivity contribution in [1.82, 2.24) is 9.88 Å². The second kappa shape index (κ2) is 5.49. The summed E-state index contributed by atoms with van der Waals surface area (Å²) < 4.78 is 0. The Bertz CT molecular complexity index is 864. The maximum absolute atomic E-state index is 3.69. The van der Waals surface area contributed by atoms with Crippen LogP contribution >= 0.6 is 0 Å². The molecule has 3 aromatic rings. The van der Waals surface area contributed by atoms with Crippen molar-refractivity contribution in [2.75, 3.05) is 13.1 Å². The molecule has 2 heteroatoms. The number of fused-ring (bicyclic) bond motifs is 5. The molecule has 0 saturated carbocycles. The number of benzene rings is 2. The molecule has 2 aromatic carbocycles. The van der Waals surface area contributed by atoms with Gasteiger partial charge < -0.3 is 4.98 Å². The number of aryl methyl sites for hydroxylation is 1. The van der Waals surface area contributed by atoms with Crippen LogP contribution in [0.15, 0.2) is 54.6 Å². The summed E-state index contributed by atoms with van der Waals surface area (Å²) in [5, 5.41) is 1.46. The molecule has 2 aliphatic rings. The van der Waals surface area contributed by atoms with Crippen molar-refractivity contribution in [3.63, 3.8) is 0 Å². The van der Waals surface area contributed by atoms with Crippen LogP contribution < -0.4 is 0 Å². The van der Waals surface area contributed by atoms with E-state index in [-0.39, 0.29) is 0 Å². The summed E-state index contributed by atoms with van der Waals surface area (Å²) in [6.07, 6.45) is 2.53. The highest BCUT2D eigenvalue weighted by molar-refractivity contribution is 5.85. The fraction of sp³-hybridized carbons (Fsp3) is 0.364. The highest BCUT2D eigenvalue weighted by atomic mass is 15.2. The Morgan fingerprint density at radius 2 is 1.79 bits per heavy atom. The Hall–Kier alpha value is -2.06. The molecule has 0 bridgehead atoms. The lowest BCUT2D eigenvalue weighted by atomic mass is 9.79. The molecule has 3 unspecified atom stereocenters. The summed E-state index contributed by atoms with van der Waals surface area (Å²) in [4.78, 5) is 6.38. The van der Waals surface area contributed by atoms with Crippen LogP contribution in [0, 0.1) is 5.92 Å². The largest absolute Gasteiger partial charge is 0.358 e. The molecular formula is C22H24N2. The van der Waals surface area contributed by atoms with E-state index in [1.165, 1.54) is 48.1 Å². The molecule has 122 valence electrons. The fourth-order valence-electron chi connectivity index (χ4n) is 4.95. The van der Waals surface area contributed by atoms with Gasteiger partial charge in [-0.2, -0.15) is 0 Å². The van der Waals surface area contributed by atoms with E-state index in [0.29, 0.717) is 12.0 Å². The summed E-state index contributed by atoms with van der Waals surface area (Å²) in [5.74, 6) is 1.50. The lowest BCUT2D eigenvalue weighted by molar-refractivity contribution is 0.250. The zero-order valence-electron chi connectivity index (χ0n) is 14.2. The van der Waals surface area contributed by atoms with Crippen LogP contribution in [0.2, 0.25) is 0 Å². The van der Waals surface area contributed by atoms with Crippen LogP contribution in [0.1, 0.15) is 42.1 Å². The minimum Gasteiger partial charge on any atom is -0.358 e. The number of likely N-dealkylation sites (tertiary alicyclic amines) is 1. The van der Waals surface area contributed by atoms with Crippen molar-refractivity contribution in [2.45, 2.75) is 31.7 Å². The van der Waals surface area contributed by atoms with Gasteiger partial charge in [0.2, 0.25) is 0 Å². The Balaban J connectivity index is 1.49. The molecular weight excluding hydrogens is 292 g/mol. The quantitative estimate of drug-likeness (QED) is 0.713. The molecule has 3 atom stereocenters. The van der Waals surface area contributed by atoms with Gasteiger partial charge in [-0.1, -0.05) is 48.5 Å². The SMILES string of the molecule is CC(c1ccccc1)N1CC2CCc3[nH]c4ccccc4c3C2C1. The molecule has 1 saturated heterocycles. The lowest BCUT2D eigenvalue weighted by Gasteiger charge is -2.25. The van der Waals surface area contributed by atoms with E-state index in [0.717, 1.165) is 5.92 Å². The molecule has 0 radical (unpaired) electrons. The zero-order valence-corrected chi connectivity index (χ0v) is 14.2. The first-order chi connectivity index (χ1) is 11.8. The normalized spacial score (nSPS) is 24.7. The number of hydrogen-bond acceptors (Lipinski definition) is 1. The van der Waals surface area contributed by atoms with E-state index in [1.807, 2.05) is 0 Å². The molecule has 1 aliphatic carbocycles. The third kappa shape index (κ3) is 2.13. The maximum Gasteiger partial charge on any atom is 0.0459 e. The topological polar surface area (TPSA) is 19.0 Å². The number of aromatic amines is 1. The summed E-state index contributed by atoms with van der Waals surface area (Å²) in [7, 11) is 0. The van der Waals surface area contributed by atoms with Gasteiger partial charge in [-0.3, -0.25) is 4.90 Å². The molecule has 1 aromatic heterocycles. The van der Waals surface area contributed by atoms with Gasteiger partial charge in [0.15, 0.2) is 0 Å². The van der Waals surface area contributed by atoms with Gasteiger partial charge in [0, 0.05) is 41.6 Å². The predicted molar refractivity (Wildman–Crippen MR) is 99.3 cm³/mol. The number of nitrogens with zero attached hydrogens (tertiary/aromatic N) is 1. The van der Waals surface area contributed by atoms with E-state index >= 15 is 0 Å². The molecule has 1 N–H and O–H groups in total. The van der Waals surface area contributed by atoms with Crippen LogP contribution in [0.25, 0.3) is 10.9 Å². The van der Waals surface area contributed by atoms with E-state index in [1.54, 1.807) is 5.56 Å². The van der Waals surface area contributed by atoms with Crippen molar-refractivity contribution < 1.29 is 0 Å².